The van der Waals surface area contributed by atoms with Crippen molar-refractivity contribution in [3.8, 4) is 11.4 Å². The standard InChI is InChI=1S/C20H19ClN8O/c1-12-8-9-22-20-24-17(27-29(12)20)19(30)23-13-6-7-15(21)14(11-13)18-26-25-16-5-3-2-4-10-28(16)18/h6-9,11H,2-5,10H2,1H3,(H,23,30). The quantitative estimate of drug-likeness (QED) is 0.543. The predicted molar refractivity (Wildman–Crippen MR) is 111 cm³/mol. The number of fused-ring (bicyclic) bond motifs is 2. The van der Waals surface area contributed by atoms with Gasteiger partial charge in [-0.3, -0.25) is 4.79 Å². The number of halogens is 1. The normalized spacial score (nSPS) is 13.8. The van der Waals surface area contributed by atoms with Gasteiger partial charge in [0.25, 0.3) is 11.7 Å². The van der Waals surface area contributed by atoms with Crippen LogP contribution >= 0.6 is 11.6 Å². The number of nitrogens with zero attached hydrogens (tertiary/aromatic N) is 7. The van der Waals surface area contributed by atoms with Gasteiger partial charge in [-0.15, -0.1) is 15.3 Å². The lowest BCUT2D eigenvalue weighted by molar-refractivity contribution is 0.101. The van der Waals surface area contributed by atoms with E-state index in [0.29, 0.717) is 16.5 Å². The second-order valence-electron chi connectivity index (χ2n) is 7.28. The van der Waals surface area contributed by atoms with E-state index in [4.69, 9.17) is 11.6 Å². The number of benzene rings is 1. The Balaban J connectivity index is 1.45. The smallest absolute Gasteiger partial charge is 0.295 e. The Hall–Kier alpha value is -3.33. The van der Waals surface area contributed by atoms with Crippen LogP contribution in [-0.2, 0) is 13.0 Å². The van der Waals surface area contributed by atoms with Gasteiger partial charge >= 0.3 is 0 Å². The Bertz CT molecular complexity index is 1260. The molecule has 1 aliphatic rings. The van der Waals surface area contributed by atoms with Crippen molar-refractivity contribution < 1.29 is 4.79 Å². The molecule has 1 aliphatic heterocycles. The maximum Gasteiger partial charge on any atom is 0.295 e. The zero-order valence-electron chi connectivity index (χ0n) is 16.3. The molecule has 5 rings (SSSR count). The van der Waals surface area contributed by atoms with Gasteiger partial charge in [0.1, 0.15) is 5.82 Å². The summed E-state index contributed by atoms with van der Waals surface area (Å²) in [6, 6.07) is 7.09. The summed E-state index contributed by atoms with van der Waals surface area (Å²) >= 11 is 6.47. The van der Waals surface area contributed by atoms with Gasteiger partial charge in [0.05, 0.1) is 5.02 Å². The minimum Gasteiger partial charge on any atom is -0.319 e. The molecule has 9 nitrogen and oxygen atoms in total. The van der Waals surface area contributed by atoms with E-state index in [0.717, 1.165) is 48.7 Å². The van der Waals surface area contributed by atoms with Crippen LogP contribution in [0.1, 0.15) is 41.4 Å². The number of rotatable bonds is 3. The summed E-state index contributed by atoms with van der Waals surface area (Å²) in [6.07, 6.45) is 5.91. The van der Waals surface area contributed by atoms with Gasteiger partial charge in [-0.05, 0) is 44.0 Å². The van der Waals surface area contributed by atoms with Crippen LogP contribution in [0.15, 0.2) is 30.5 Å². The fourth-order valence-electron chi connectivity index (χ4n) is 3.65. The van der Waals surface area contributed by atoms with E-state index in [1.54, 1.807) is 24.4 Å². The van der Waals surface area contributed by atoms with Crippen molar-refractivity contribution in [1.29, 1.82) is 0 Å². The number of hydrogen-bond acceptors (Lipinski definition) is 6. The van der Waals surface area contributed by atoms with Crippen LogP contribution in [0.5, 0.6) is 0 Å². The summed E-state index contributed by atoms with van der Waals surface area (Å²) in [5, 5.41) is 16.3. The molecule has 0 bridgehead atoms. The second-order valence-corrected chi connectivity index (χ2v) is 7.69. The minimum atomic E-state index is -0.423. The van der Waals surface area contributed by atoms with Crippen LogP contribution in [0.25, 0.3) is 17.2 Å². The van der Waals surface area contributed by atoms with Crippen molar-refractivity contribution in [3.63, 3.8) is 0 Å². The highest BCUT2D eigenvalue weighted by Crippen LogP contribution is 2.31. The number of anilines is 1. The molecule has 0 radical (unpaired) electrons. The van der Waals surface area contributed by atoms with E-state index in [1.807, 2.05) is 13.0 Å². The third-order valence-electron chi connectivity index (χ3n) is 5.21. The molecule has 3 aromatic heterocycles. The largest absolute Gasteiger partial charge is 0.319 e. The molecule has 0 unspecified atom stereocenters. The third-order valence-corrected chi connectivity index (χ3v) is 5.54. The minimum absolute atomic E-state index is 0.0460. The van der Waals surface area contributed by atoms with Gasteiger partial charge < -0.3 is 9.88 Å². The van der Waals surface area contributed by atoms with Crippen molar-refractivity contribution in [2.45, 2.75) is 39.2 Å². The molecule has 0 spiro atoms. The number of carbonyl (C=O) groups is 1. The van der Waals surface area contributed by atoms with Crippen molar-refractivity contribution in [2.24, 2.45) is 0 Å². The summed E-state index contributed by atoms with van der Waals surface area (Å²) in [7, 11) is 0. The first-order valence-electron chi connectivity index (χ1n) is 9.82. The van der Waals surface area contributed by atoms with Gasteiger partial charge in [0.2, 0.25) is 5.82 Å². The SMILES string of the molecule is Cc1ccnc2nc(C(=O)Nc3ccc(Cl)c(-c4nnc5n4CCCCC5)c3)nn12. The molecule has 4 aromatic rings. The van der Waals surface area contributed by atoms with Crippen molar-refractivity contribution in [3.05, 3.63) is 52.8 Å². The van der Waals surface area contributed by atoms with Crippen LogP contribution in [0, 0.1) is 6.92 Å². The van der Waals surface area contributed by atoms with E-state index in [2.05, 4.69) is 35.1 Å². The highest BCUT2D eigenvalue weighted by molar-refractivity contribution is 6.33. The maximum absolute atomic E-state index is 12.7. The molecule has 10 heteroatoms. The lowest BCUT2D eigenvalue weighted by atomic mass is 10.1. The highest BCUT2D eigenvalue weighted by atomic mass is 35.5. The zero-order chi connectivity index (χ0) is 20.7. The molecule has 1 amide bonds. The van der Waals surface area contributed by atoms with Crippen LogP contribution < -0.4 is 5.32 Å². The molecule has 4 heterocycles. The molecule has 0 aliphatic carbocycles. The Kier molecular flexibility index (Phi) is 4.66. The van der Waals surface area contributed by atoms with Crippen molar-refractivity contribution >= 4 is 29.0 Å². The lowest BCUT2D eigenvalue weighted by Gasteiger charge is -2.10. The lowest BCUT2D eigenvalue weighted by Crippen LogP contribution is -2.14. The highest BCUT2D eigenvalue weighted by Gasteiger charge is 2.20. The van der Waals surface area contributed by atoms with Crippen LogP contribution in [0.4, 0.5) is 5.69 Å². The molecule has 0 fully saturated rings. The summed E-state index contributed by atoms with van der Waals surface area (Å²) in [6.45, 7) is 2.74. The summed E-state index contributed by atoms with van der Waals surface area (Å²) in [5.41, 5.74) is 2.15. The molecule has 0 saturated carbocycles. The second kappa shape index (κ2) is 7.49. The van der Waals surface area contributed by atoms with E-state index in [1.165, 1.54) is 10.9 Å². The molecular formula is C20H19ClN8O. The first kappa shape index (κ1) is 18.7. The zero-order valence-corrected chi connectivity index (χ0v) is 17.1. The predicted octanol–water partition coefficient (Wildman–Crippen LogP) is 3.32. The fraction of sp³-hybridized carbons (Fsp3) is 0.300. The third kappa shape index (κ3) is 3.30. The fourth-order valence-corrected chi connectivity index (χ4v) is 3.85. The van der Waals surface area contributed by atoms with Crippen LogP contribution in [0.3, 0.4) is 0 Å². The Morgan fingerprint density at radius 1 is 1.17 bits per heavy atom. The Morgan fingerprint density at radius 2 is 2.07 bits per heavy atom. The van der Waals surface area contributed by atoms with E-state index in [9.17, 15) is 4.79 Å². The maximum atomic E-state index is 12.7. The summed E-state index contributed by atoms with van der Waals surface area (Å²) in [4.78, 5) is 21.1. The Morgan fingerprint density at radius 3 is 2.93 bits per heavy atom. The van der Waals surface area contributed by atoms with E-state index >= 15 is 0 Å². The number of aryl methyl sites for hydroxylation is 2. The number of carbonyl (C=O) groups excluding carboxylic acids is 1. The first-order chi connectivity index (χ1) is 14.6. The van der Waals surface area contributed by atoms with Crippen LogP contribution in [-0.4, -0.2) is 40.3 Å². The van der Waals surface area contributed by atoms with Gasteiger partial charge in [-0.1, -0.05) is 18.0 Å². The van der Waals surface area contributed by atoms with E-state index in [-0.39, 0.29) is 5.82 Å². The summed E-state index contributed by atoms with van der Waals surface area (Å²) < 4.78 is 3.66. The molecule has 0 atom stereocenters. The van der Waals surface area contributed by atoms with Crippen molar-refractivity contribution in [2.75, 3.05) is 5.32 Å². The number of nitrogens with one attached hydrogen (secondary N) is 1. The first-order valence-corrected chi connectivity index (χ1v) is 10.2. The van der Waals surface area contributed by atoms with Gasteiger partial charge in [-0.2, -0.15) is 4.98 Å². The van der Waals surface area contributed by atoms with E-state index < -0.39 is 5.91 Å². The van der Waals surface area contributed by atoms with Gasteiger partial charge in [-0.25, -0.2) is 9.50 Å². The topological polar surface area (TPSA) is 103 Å². The number of aromatic nitrogens is 7. The molecule has 1 N–H and O–H groups in total. The van der Waals surface area contributed by atoms with Crippen LogP contribution in [0.2, 0.25) is 5.02 Å². The molecule has 152 valence electrons. The molecule has 1 aromatic carbocycles. The Labute approximate surface area is 177 Å². The molecule has 30 heavy (non-hydrogen) atoms. The average molecular weight is 423 g/mol. The molecule has 0 saturated heterocycles. The number of hydrogen-bond donors (Lipinski definition) is 1. The summed E-state index contributed by atoms with van der Waals surface area (Å²) in [5.74, 6) is 1.70. The van der Waals surface area contributed by atoms with Gasteiger partial charge in [0, 0.05) is 36.1 Å². The molecular weight excluding hydrogens is 404 g/mol. The number of amides is 1. The average Bonchev–Trinajstić information content (AvgIpc) is 3.28. The van der Waals surface area contributed by atoms with Gasteiger partial charge in [0.15, 0.2) is 5.82 Å². The monoisotopic (exact) mass is 422 g/mol. The van der Waals surface area contributed by atoms with Crippen molar-refractivity contribution in [1.82, 2.24) is 34.3 Å².